The van der Waals surface area contributed by atoms with Gasteiger partial charge in [0.25, 0.3) is 0 Å². The van der Waals surface area contributed by atoms with E-state index in [0.717, 1.165) is 0 Å². The van der Waals surface area contributed by atoms with Crippen molar-refractivity contribution in [1.29, 1.82) is 0 Å². The molecule has 0 unspecified atom stereocenters. The van der Waals surface area contributed by atoms with Crippen LogP contribution in [0.5, 0.6) is 0 Å². The quantitative estimate of drug-likeness (QED) is 0.643. The lowest BCUT2D eigenvalue weighted by Gasteiger charge is -2.14. The summed E-state index contributed by atoms with van der Waals surface area (Å²) in [6.45, 7) is 2.09. The Morgan fingerprint density at radius 3 is 2.34 bits per heavy atom. The van der Waals surface area contributed by atoms with Crippen LogP contribution in [0.1, 0.15) is 28.2 Å². The summed E-state index contributed by atoms with van der Waals surface area (Å²) in [6.07, 6.45) is -0.517. The topological polar surface area (TPSA) is 38.3 Å². The minimum atomic E-state index is -0.517. The summed E-state index contributed by atoms with van der Waals surface area (Å²) in [6, 6.07) is 21.2. The van der Waals surface area contributed by atoms with Crippen LogP contribution in [-0.4, -0.2) is 19.2 Å². The molecule has 0 atom stereocenters. The summed E-state index contributed by atoms with van der Waals surface area (Å²) < 4.78 is 19.0. The Balaban J connectivity index is 1.35. The number of aryl methyl sites for hydroxylation is 1. The summed E-state index contributed by atoms with van der Waals surface area (Å²) >= 11 is 0. The van der Waals surface area contributed by atoms with Crippen molar-refractivity contribution in [3.63, 3.8) is 0 Å². The number of alkyl carbamates (subject to hydrolysis) is 1. The molecule has 1 aliphatic rings. The van der Waals surface area contributed by atoms with Gasteiger partial charge in [-0.25, -0.2) is 9.18 Å². The second-order valence-corrected chi connectivity index (χ2v) is 6.94. The van der Waals surface area contributed by atoms with Gasteiger partial charge in [0.1, 0.15) is 12.4 Å². The molecular formula is C25H20FNO2. The molecule has 3 aromatic carbocycles. The fraction of sp³-hybridized carbons (Fsp3) is 0.160. The van der Waals surface area contributed by atoms with Crippen molar-refractivity contribution in [2.24, 2.45) is 0 Å². The Morgan fingerprint density at radius 2 is 1.69 bits per heavy atom. The van der Waals surface area contributed by atoms with Crippen LogP contribution < -0.4 is 5.32 Å². The highest BCUT2D eigenvalue weighted by Gasteiger charge is 2.28. The maximum atomic E-state index is 13.5. The highest BCUT2D eigenvalue weighted by molar-refractivity contribution is 5.79. The third-order valence-corrected chi connectivity index (χ3v) is 5.07. The molecule has 4 rings (SSSR count). The Morgan fingerprint density at radius 1 is 1.03 bits per heavy atom. The van der Waals surface area contributed by atoms with Gasteiger partial charge in [0.05, 0.1) is 6.54 Å². The molecule has 0 fully saturated rings. The van der Waals surface area contributed by atoms with Crippen LogP contribution in [0.25, 0.3) is 11.1 Å². The van der Waals surface area contributed by atoms with Gasteiger partial charge >= 0.3 is 6.09 Å². The van der Waals surface area contributed by atoms with Crippen molar-refractivity contribution < 1.29 is 13.9 Å². The molecule has 0 spiro atoms. The molecule has 0 saturated carbocycles. The first-order chi connectivity index (χ1) is 14.1. The van der Waals surface area contributed by atoms with Crippen LogP contribution in [-0.2, 0) is 4.74 Å². The number of hydrogen-bond acceptors (Lipinski definition) is 2. The molecule has 0 radical (unpaired) electrons. The van der Waals surface area contributed by atoms with Crippen LogP contribution in [0.4, 0.5) is 9.18 Å². The Hall–Kier alpha value is -3.58. The summed E-state index contributed by atoms with van der Waals surface area (Å²) in [5.41, 5.74) is 5.86. The zero-order valence-corrected chi connectivity index (χ0v) is 16.0. The van der Waals surface area contributed by atoms with Crippen molar-refractivity contribution in [3.05, 3.63) is 94.8 Å². The lowest BCUT2D eigenvalue weighted by Crippen LogP contribution is -2.26. The largest absolute Gasteiger partial charge is 0.449 e. The molecule has 4 heteroatoms. The van der Waals surface area contributed by atoms with Gasteiger partial charge in [-0.3, -0.25) is 0 Å². The van der Waals surface area contributed by atoms with E-state index in [0.29, 0.717) is 11.1 Å². The molecule has 29 heavy (non-hydrogen) atoms. The number of hydrogen-bond donors (Lipinski definition) is 1. The Kier molecular flexibility index (Phi) is 5.31. The second kappa shape index (κ2) is 8.20. The van der Waals surface area contributed by atoms with Gasteiger partial charge in [-0.05, 0) is 46.9 Å². The van der Waals surface area contributed by atoms with Crippen LogP contribution in [0.3, 0.4) is 0 Å². The third kappa shape index (κ3) is 4.00. The average molecular weight is 385 g/mol. The van der Waals surface area contributed by atoms with Crippen molar-refractivity contribution in [2.75, 3.05) is 13.2 Å². The lowest BCUT2D eigenvalue weighted by molar-refractivity contribution is 0.144. The number of carbonyl (C=O) groups is 1. The molecule has 0 saturated heterocycles. The van der Waals surface area contributed by atoms with Crippen LogP contribution in [0.2, 0.25) is 0 Å². The maximum absolute atomic E-state index is 13.5. The first-order valence-electron chi connectivity index (χ1n) is 9.47. The summed E-state index contributed by atoms with van der Waals surface area (Å²) in [7, 11) is 0. The Labute approximate surface area is 169 Å². The zero-order valence-electron chi connectivity index (χ0n) is 16.0. The number of halogens is 1. The predicted molar refractivity (Wildman–Crippen MR) is 111 cm³/mol. The van der Waals surface area contributed by atoms with Crippen molar-refractivity contribution in [3.8, 4) is 23.0 Å². The average Bonchev–Trinajstić information content (AvgIpc) is 3.06. The molecule has 0 aliphatic heterocycles. The third-order valence-electron chi connectivity index (χ3n) is 5.07. The van der Waals surface area contributed by atoms with Gasteiger partial charge in [-0.1, -0.05) is 66.4 Å². The minimum Gasteiger partial charge on any atom is -0.449 e. The highest BCUT2D eigenvalue weighted by Crippen LogP contribution is 2.44. The number of nitrogens with one attached hydrogen (secondary N) is 1. The van der Waals surface area contributed by atoms with E-state index in [-0.39, 0.29) is 24.9 Å². The van der Waals surface area contributed by atoms with Crippen LogP contribution in [0.15, 0.2) is 66.7 Å². The van der Waals surface area contributed by atoms with E-state index in [4.69, 9.17) is 4.74 Å². The standard InChI is InChI=1S/C25H20FNO2/c1-17-12-13-18(15-24(17)26)7-6-14-27-25(28)29-16-23-21-10-4-2-8-19(21)20-9-3-5-11-22(20)23/h2-5,8-13,15,23H,14,16H2,1H3,(H,27,28). The van der Waals surface area contributed by atoms with Crippen molar-refractivity contribution >= 4 is 6.09 Å². The molecular weight excluding hydrogens is 365 g/mol. The first-order valence-corrected chi connectivity index (χ1v) is 9.47. The smallest absolute Gasteiger partial charge is 0.407 e. The van der Waals surface area contributed by atoms with Crippen LogP contribution in [0, 0.1) is 24.6 Å². The van der Waals surface area contributed by atoms with Crippen molar-refractivity contribution in [1.82, 2.24) is 5.32 Å². The lowest BCUT2D eigenvalue weighted by atomic mass is 9.98. The Bertz CT molecular complexity index is 1080. The van der Waals surface area contributed by atoms with Gasteiger partial charge in [-0.15, -0.1) is 0 Å². The SMILES string of the molecule is Cc1ccc(C#CCNC(=O)OCC2c3ccccc3-c3ccccc32)cc1F. The number of benzene rings is 3. The number of carbonyl (C=O) groups excluding carboxylic acids is 1. The molecule has 1 N–H and O–H groups in total. The number of ether oxygens (including phenoxy) is 1. The summed E-state index contributed by atoms with van der Waals surface area (Å²) in [5, 5.41) is 2.62. The number of amides is 1. The normalized spacial score (nSPS) is 11.8. The maximum Gasteiger partial charge on any atom is 0.407 e. The minimum absolute atomic E-state index is 0.0229. The van der Waals surface area contributed by atoms with E-state index in [2.05, 4.69) is 41.4 Å². The summed E-state index contributed by atoms with van der Waals surface area (Å²) in [5.74, 6) is 5.37. The molecule has 144 valence electrons. The zero-order chi connectivity index (χ0) is 20.2. The first kappa shape index (κ1) is 18.8. The molecule has 3 nitrogen and oxygen atoms in total. The number of rotatable bonds is 3. The van der Waals surface area contributed by atoms with E-state index in [1.807, 2.05) is 24.3 Å². The monoisotopic (exact) mass is 385 g/mol. The predicted octanol–water partition coefficient (Wildman–Crippen LogP) is 5.02. The summed E-state index contributed by atoms with van der Waals surface area (Å²) in [4.78, 5) is 12.1. The van der Waals surface area contributed by atoms with Gasteiger partial charge in [0.15, 0.2) is 0 Å². The molecule has 1 aliphatic carbocycles. The van der Waals surface area contributed by atoms with E-state index in [1.54, 1.807) is 19.1 Å². The van der Waals surface area contributed by atoms with Gasteiger partial charge in [0.2, 0.25) is 0 Å². The molecule has 0 bridgehead atoms. The van der Waals surface area contributed by atoms with E-state index in [9.17, 15) is 9.18 Å². The molecule has 0 aromatic heterocycles. The van der Waals surface area contributed by atoms with E-state index in [1.165, 1.54) is 28.3 Å². The number of fused-ring (bicyclic) bond motifs is 3. The second-order valence-electron chi connectivity index (χ2n) is 6.94. The highest BCUT2D eigenvalue weighted by atomic mass is 19.1. The van der Waals surface area contributed by atoms with E-state index >= 15 is 0 Å². The fourth-order valence-electron chi connectivity index (χ4n) is 3.58. The van der Waals surface area contributed by atoms with E-state index < -0.39 is 6.09 Å². The molecule has 0 heterocycles. The van der Waals surface area contributed by atoms with Gasteiger partial charge in [-0.2, -0.15) is 0 Å². The fourth-order valence-corrected chi connectivity index (χ4v) is 3.58. The van der Waals surface area contributed by atoms with Gasteiger partial charge < -0.3 is 10.1 Å². The van der Waals surface area contributed by atoms with Crippen molar-refractivity contribution in [2.45, 2.75) is 12.8 Å². The van der Waals surface area contributed by atoms with Crippen LogP contribution >= 0.6 is 0 Å². The molecule has 3 aromatic rings. The molecule has 1 amide bonds. The van der Waals surface area contributed by atoms with Gasteiger partial charge in [0, 0.05) is 11.5 Å².